The van der Waals surface area contributed by atoms with E-state index in [4.69, 9.17) is 10.00 Å². The average molecular weight is 437 g/mol. The minimum absolute atomic E-state index is 0.118. The molecule has 0 bridgehead atoms. The smallest absolute Gasteiger partial charge is 0.329 e. The third-order valence-electron chi connectivity index (χ3n) is 5.45. The minimum atomic E-state index is -1.35. The van der Waals surface area contributed by atoms with E-state index in [0.29, 0.717) is 24.8 Å². The van der Waals surface area contributed by atoms with E-state index in [9.17, 15) is 27.6 Å². The molecule has 1 N–H and O–H groups in total. The molecule has 1 aliphatic carbocycles. The van der Waals surface area contributed by atoms with E-state index in [-0.39, 0.29) is 30.9 Å². The molecule has 1 aromatic rings. The number of amides is 2. The maximum Gasteiger partial charge on any atom is 0.329 e. The summed E-state index contributed by atoms with van der Waals surface area (Å²) in [4.78, 5) is 38.1. The number of rotatable bonds is 9. The lowest BCUT2D eigenvalue weighted by atomic mass is 10.1. The van der Waals surface area contributed by atoms with Gasteiger partial charge in [0.25, 0.3) is 0 Å². The number of hydrogen-bond acceptors (Lipinski definition) is 5. The number of carbonyl (C=O) groups is 3. The van der Waals surface area contributed by atoms with Gasteiger partial charge in [0, 0.05) is 37.1 Å². The van der Waals surface area contributed by atoms with Gasteiger partial charge in [0.1, 0.15) is 17.9 Å². The van der Waals surface area contributed by atoms with Crippen molar-refractivity contribution >= 4 is 17.8 Å². The third-order valence-corrected chi connectivity index (χ3v) is 5.45. The maximum atomic E-state index is 14.0. The van der Waals surface area contributed by atoms with E-state index < -0.39 is 48.0 Å². The van der Waals surface area contributed by atoms with Gasteiger partial charge in [-0.3, -0.25) is 9.59 Å². The second kappa shape index (κ2) is 9.81. The molecule has 1 saturated heterocycles. The van der Waals surface area contributed by atoms with Gasteiger partial charge in [-0.2, -0.15) is 5.26 Å². The number of halogens is 3. The summed E-state index contributed by atoms with van der Waals surface area (Å²) in [6.45, 7) is -0.788. The Labute approximate surface area is 177 Å². The van der Waals surface area contributed by atoms with Crippen LogP contribution in [0, 0.1) is 34.7 Å². The molecule has 0 unspecified atom stereocenters. The van der Waals surface area contributed by atoms with Crippen molar-refractivity contribution in [3.05, 3.63) is 35.1 Å². The van der Waals surface area contributed by atoms with Crippen molar-refractivity contribution in [1.82, 2.24) is 10.2 Å². The summed E-state index contributed by atoms with van der Waals surface area (Å²) >= 11 is 0. The van der Waals surface area contributed by atoms with Crippen molar-refractivity contribution in [3.8, 4) is 6.07 Å². The highest BCUT2D eigenvalue weighted by Gasteiger charge is 2.35. The summed E-state index contributed by atoms with van der Waals surface area (Å²) in [6, 6.07) is 1.44. The van der Waals surface area contributed by atoms with Gasteiger partial charge in [-0.1, -0.05) is 12.8 Å². The Morgan fingerprint density at radius 1 is 1.26 bits per heavy atom. The molecule has 1 saturated carbocycles. The quantitative estimate of drug-likeness (QED) is 0.472. The molecule has 31 heavy (non-hydrogen) atoms. The van der Waals surface area contributed by atoms with E-state index in [2.05, 4.69) is 5.32 Å². The highest BCUT2D eigenvalue weighted by molar-refractivity contribution is 5.86. The van der Waals surface area contributed by atoms with Crippen LogP contribution in [0.3, 0.4) is 0 Å². The summed E-state index contributed by atoms with van der Waals surface area (Å²) in [7, 11) is 0. The number of nitrogens with one attached hydrogen (secondary N) is 1. The van der Waals surface area contributed by atoms with Gasteiger partial charge < -0.3 is 15.0 Å². The molecule has 1 aromatic carbocycles. The van der Waals surface area contributed by atoms with Crippen molar-refractivity contribution < 1.29 is 32.3 Å². The van der Waals surface area contributed by atoms with Crippen LogP contribution in [0.1, 0.15) is 44.1 Å². The second-order valence-electron chi connectivity index (χ2n) is 7.84. The molecular weight excluding hydrogens is 415 g/mol. The molecule has 2 aliphatic rings. The van der Waals surface area contributed by atoms with Gasteiger partial charge in [0.15, 0.2) is 18.2 Å². The summed E-state index contributed by atoms with van der Waals surface area (Å²) in [6.07, 6.45) is 2.57. The van der Waals surface area contributed by atoms with E-state index in [1.807, 2.05) is 0 Å². The molecule has 0 radical (unpaired) electrons. The van der Waals surface area contributed by atoms with Gasteiger partial charge >= 0.3 is 5.97 Å². The second-order valence-corrected chi connectivity index (χ2v) is 7.84. The highest BCUT2D eigenvalue weighted by Crippen LogP contribution is 2.34. The molecule has 2 amide bonds. The summed E-state index contributed by atoms with van der Waals surface area (Å²) in [5.41, 5.74) is -0.315. The summed E-state index contributed by atoms with van der Waals surface area (Å²) in [5.74, 6) is -4.81. The van der Waals surface area contributed by atoms with Gasteiger partial charge in [0.2, 0.25) is 11.8 Å². The molecule has 3 rings (SSSR count). The Hall–Kier alpha value is -3.09. The number of nitrogens with zero attached hydrogens (tertiary/aromatic N) is 2. The predicted octanol–water partition coefficient (Wildman–Crippen LogP) is 2.34. The Bertz CT molecular complexity index is 914. The van der Waals surface area contributed by atoms with Crippen LogP contribution in [-0.4, -0.2) is 41.4 Å². The fourth-order valence-electron chi connectivity index (χ4n) is 3.70. The Kier molecular flexibility index (Phi) is 7.15. The standard InChI is InChI=1S/C21H22F3N3O4/c22-14-8-13(20(24)16(23)9-14)11-27-15(3-4-19(27)29)10-18(28)26-17(7-12-1-2-12)21(30)31-6-5-25/h8-9,12,15,17H,1-4,6-7,10-11H2,(H,26,28)/t15-,17-/m0/s1. The van der Waals surface area contributed by atoms with Gasteiger partial charge in [0.05, 0.1) is 0 Å². The number of benzene rings is 1. The topological polar surface area (TPSA) is 99.5 Å². The SMILES string of the molecule is N#CCOC(=O)[C@H](CC1CC1)NC(=O)C[C@@H]1CCC(=O)N1Cc1cc(F)cc(F)c1F. The van der Waals surface area contributed by atoms with E-state index >= 15 is 0 Å². The molecule has 0 spiro atoms. The Balaban J connectivity index is 1.64. The lowest BCUT2D eigenvalue weighted by molar-refractivity contribution is -0.147. The molecule has 1 heterocycles. The molecule has 0 aromatic heterocycles. The lowest BCUT2D eigenvalue weighted by Crippen LogP contribution is -2.45. The predicted molar refractivity (Wildman–Crippen MR) is 100 cm³/mol. The van der Waals surface area contributed by atoms with Gasteiger partial charge in [-0.05, 0) is 24.8 Å². The van der Waals surface area contributed by atoms with Crippen molar-refractivity contribution in [2.45, 2.75) is 57.2 Å². The van der Waals surface area contributed by atoms with E-state index in [0.717, 1.165) is 18.9 Å². The first kappa shape index (κ1) is 22.6. The molecule has 2 fully saturated rings. The summed E-state index contributed by atoms with van der Waals surface area (Å²) < 4.78 is 45.8. The van der Waals surface area contributed by atoms with E-state index in [1.165, 1.54) is 4.90 Å². The molecular formula is C21H22F3N3O4. The zero-order chi connectivity index (χ0) is 22.5. The number of esters is 1. The molecule has 10 heteroatoms. The van der Waals surface area contributed by atoms with Gasteiger partial charge in [-0.15, -0.1) is 0 Å². The first-order valence-electron chi connectivity index (χ1n) is 10.0. The zero-order valence-electron chi connectivity index (χ0n) is 16.7. The van der Waals surface area contributed by atoms with Crippen molar-refractivity contribution in [2.24, 2.45) is 5.92 Å². The van der Waals surface area contributed by atoms with Crippen LogP contribution >= 0.6 is 0 Å². The normalized spacial score (nSPS) is 19.1. The first-order valence-corrected chi connectivity index (χ1v) is 10.0. The van der Waals surface area contributed by atoms with Crippen LogP contribution in [0.2, 0.25) is 0 Å². The number of carbonyl (C=O) groups excluding carboxylic acids is 3. The third kappa shape index (κ3) is 5.96. The van der Waals surface area contributed by atoms with Crippen molar-refractivity contribution in [3.63, 3.8) is 0 Å². The van der Waals surface area contributed by atoms with Crippen molar-refractivity contribution in [2.75, 3.05) is 6.61 Å². The van der Waals surface area contributed by atoms with Crippen LogP contribution in [0.25, 0.3) is 0 Å². The fourth-order valence-corrected chi connectivity index (χ4v) is 3.70. The molecule has 2 atom stereocenters. The molecule has 7 nitrogen and oxygen atoms in total. The first-order chi connectivity index (χ1) is 14.8. The Morgan fingerprint density at radius 2 is 2.00 bits per heavy atom. The average Bonchev–Trinajstić information content (AvgIpc) is 3.48. The van der Waals surface area contributed by atoms with Crippen LogP contribution in [0.15, 0.2) is 12.1 Å². The fraction of sp³-hybridized carbons (Fsp3) is 0.524. The number of ether oxygens (including phenoxy) is 1. The molecule has 1 aliphatic heterocycles. The van der Waals surface area contributed by atoms with Crippen molar-refractivity contribution in [1.29, 1.82) is 5.26 Å². The van der Waals surface area contributed by atoms with Crippen LogP contribution in [0.4, 0.5) is 13.2 Å². The maximum absolute atomic E-state index is 14.0. The number of hydrogen-bond donors (Lipinski definition) is 1. The van der Waals surface area contributed by atoms with Crippen LogP contribution < -0.4 is 5.32 Å². The monoisotopic (exact) mass is 437 g/mol. The zero-order valence-corrected chi connectivity index (χ0v) is 16.7. The largest absolute Gasteiger partial charge is 0.449 e. The number of nitriles is 1. The van der Waals surface area contributed by atoms with Gasteiger partial charge in [-0.25, -0.2) is 18.0 Å². The lowest BCUT2D eigenvalue weighted by Gasteiger charge is -2.26. The van der Waals surface area contributed by atoms with Crippen LogP contribution in [-0.2, 0) is 25.7 Å². The summed E-state index contributed by atoms with van der Waals surface area (Å²) in [5, 5.41) is 11.2. The van der Waals surface area contributed by atoms with Crippen LogP contribution in [0.5, 0.6) is 0 Å². The Morgan fingerprint density at radius 3 is 2.68 bits per heavy atom. The minimum Gasteiger partial charge on any atom is -0.449 e. The molecule has 166 valence electrons. The van der Waals surface area contributed by atoms with E-state index in [1.54, 1.807) is 6.07 Å². The highest BCUT2D eigenvalue weighted by atomic mass is 19.2. The number of likely N-dealkylation sites (tertiary alicyclic amines) is 1.